The summed E-state index contributed by atoms with van der Waals surface area (Å²) in [5.41, 5.74) is 2.43. The number of halogens is 1. The first kappa shape index (κ1) is 16.2. The monoisotopic (exact) mass is 341 g/mol. The van der Waals surface area contributed by atoms with Gasteiger partial charge in [-0.3, -0.25) is 10.1 Å². The van der Waals surface area contributed by atoms with Gasteiger partial charge in [0.05, 0.1) is 4.92 Å². The number of fused-ring (bicyclic) bond motifs is 1. The van der Waals surface area contributed by atoms with Gasteiger partial charge in [0.2, 0.25) is 0 Å². The van der Waals surface area contributed by atoms with Gasteiger partial charge in [0.15, 0.2) is 0 Å². The number of aromatic nitrogens is 1. The Morgan fingerprint density at radius 2 is 2.00 bits per heavy atom. The zero-order valence-electron chi connectivity index (χ0n) is 13.1. The molecule has 0 aliphatic rings. The highest BCUT2D eigenvalue weighted by Crippen LogP contribution is 2.31. The number of hydrogen-bond donors (Lipinski definition) is 0. The van der Waals surface area contributed by atoms with Gasteiger partial charge in [-0.2, -0.15) is 0 Å². The number of nitro benzene ring substituents is 1. The molecule has 24 heavy (non-hydrogen) atoms. The van der Waals surface area contributed by atoms with Crippen LogP contribution in [-0.4, -0.2) is 16.5 Å². The van der Waals surface area contributed by atoms with Crippen molar-refractivity contribution in [2.24, 2.45) is 0 Å². The van der Waals surface area contributed by atoms with Gasteiger partial charge in [0, 0.05) is 41.4 Å². The quantitative estimate of drug-likeness (QED) is 0.493. The van der Waals surface area contributed by atoms with Crippen molar-refractivity contribution in [3.05, 3.63) is 75.4 Å². The predicted octanol–water partition coefficient (Wildman–Crippen LogP) is 4.82. The average Bonchev–Trinajstić information content (AvgIpc) is 2.58. The Labute approximate surface area is 144 Å². The summed E-state index contributed by atoms with van der Waals surface area (Å²) in [7, 11) is 0. The molecule has 0 N–H and O–H groups in total. The Balaban J connectivity index is 2.06. The van der Waals surface area contributed by atoms with Crippen LogP contribution in [0.3, 0.4) is 0 Å². The maximum absolute atomic E-state index is 11.2. The number of anilines is 1. The van der Waals surface area contributed by atoms with Crippen LogP contribution in [0.5, 0.6) is 0 Å². The summed E-state index contributed by atoms with van der Waals surface area (Å²) < 4.78 is 0. The minimum absolute atomic E-state index is 0.0214. The molecule has 1 aromatic heterocycles. The molecule has 0 saturated carbocycles. The van der Waals surface area contributed by atoms with Crippen molar-refractivity contribution < 1.29 is 4.92 Å². The number of non-ortho nitro benzene ring substituents is 1. The van der Waals surface area contributed by atoms with Crippen LogP contribution >= 0.6 is 11.6 Å². The van der Waals surface area contributed by atoms with E-state index in [2.05, 4.69) is 9.88 Å². The van der Waals surface area contributed by atoms with Crippen LogP contribution in [0.15, 0.2) is 54.7 Å². The lowest BCUT2D eigenvalue weighted by Crippen LogP contribution is -2.22. The van der Waals surface area contributed by atoms with Crippen molar-refractivity contribution in [2.45, 2.75) is 13.5 Å². The highest BCUT2D eigenvalue weighted by atomic mass is 35.5. The van der Waals surface area contributed by atoms with E-state index in [-0.39, 0.29) is 5.69 Å². The third-order valence-corrected chi connectivity index (χ3v) is 4.14. The molecule has 0 aliphatic carbocycles. The van der Waals surface area contributed by atoms with Gasteiger partial charge >= 0.3 is 0 Å². The summed E-state index contributed by atoms with van der Waals surface area (Å²) in [5.74, 6) is 0. The number of nitro groups is 1. The van der Waals surface area contributed by atoms with E-state index < -0.39 is 4.92 Å². The van der Waals surface area contributed by atoms with E-state index in [0.29, 0.717) is 17.1 Å². The van der Waals surface area contributed by atoms with Crippen LogP contribution in [0, 0.1) is 10.1 Å². The average molecular weight is 342 g/mol. The molecule has 0 spiro atoms. The Morgan fingerprint density at radius 3 is 2.71 bits per heavy atom. The number of pyridine rings is 1. The van der Waals surface area contributed by atoms with Crippen LogP contribution in [0.2, 0.25) is 5.02 Å². The summed E-state index contributed by atoms with van der Waals surface area (Å²) in [6.45, 7) is 3.47. The zero-order chi connectivity index (χ0) is 17.1. The molecule has 0 amide bonds. The fraction of sp³-hybridized carbons (Fsp3) is 0.167. The molecule has 0 radical (unpaired) electrons. The minimum atomic E-state index is -0.396. The van der Waals surface area contributed by atoms with Crippen molar-refractivity contribution >= 4 is 33.9 Å². The van der Waals surface area contributed by atoms with E-state index in [1.165, 1.54) is 6.07 Å². The van der Waals surface area contributed by atoms with E-state index in [1.807, 2.05) is 43.3 Å². The lowest BCUT2D eigenvalue weighted by Gasteiger charge is -2.24. The maximum Gasteiger partial charge on any atom is 0.295 e. The minimum Gasteiger partial charge on any atom is -0.367 e. The molecule has 0 fully saturated rings. The number of para-hydroxylation sites is 1. The standard InChI is InChI=1S/C18H16ClN3O2/c1-2-21(12-13-5-3-6-14(19)11-13)16-9-10-20-18-15(16)7-4-8-17(18)22(23)24/h3-11H,2,12H2,1H3. The Hall–Kier alpha value is -2.66. The third kappa shape index (κ3) is 3.16. The Morgan fingerprint density at radius 1 is 1.21 bits per heavy atom. The largest absolute Gasteiger partial charge is 0.367 e. The molecule has 3 aromatic rings. The summed E-state index contributed by atoms with van der Waals surface area (Å²) in [5, 5.41) is 12.7. The van der Waals surface area contributed by atoms with Crippen molar-refractivity contribution in [1.29, 1.82) is 0 Å². The van der Waals surface area contributed by atoms with Gasteiger partial charge in [-0.05, 0) is 30.7 Å². The maximum atomic E-state index is 11.2. The fourth-order valence-electron chi connectivity index (χ4n) is 2.79. The Kier molecular flexibility index (Phi) is 4.62. The van der Waals surface area contributed by atoms with Crippen molar-refractivity contribution in [3.8, 4) is 0 Å². The summed E-state index contributed by atoms with van der Waals surface area (Å²) in [4.78, 5) is 17.2. The van der Waals surface area contributed by atoms with E-state index >= 15 is 0 Å². The molecule has 0 atom stereocenters. The molecule has 3 rings (SSSR count). The molecule has 1 heterocycles. The molecular formula is C18H16ClN3O2. The first-order valence-electron chi connectivity index (χ1n) is 7.61. The van der Waals surface area contributed by atoms with Crippen LogP contribution in [0.25, 0.3) is 10.9 Å². The molecule has 2 aromatic carbocycles. The van der Waals surface area contributed by atoms with E-state index in [1.54, 1.807) is 12.3 Å². The van der Waals surface area contributed by atoms with E-state index in [0.717, 1.165) is 23.2 Å². The molecule has 122 valence electrons. The van der Waals surface area contributed by atoms with Crippen LogP contribution < -0.4 is 4.90 Å². The molecule has 0 bridgehead atoms. The molecule has 5 nitrogen and oxygen atoms in total. The molecular weight excluding hydrogens is 326 g/mol. The molecule has 6 heteroatoms. The smallest absolute Gasteiger partial charge is 0.295 e. The topological polar surface area (TPSA) is 59.3 Å². The third-order valence-electron chi connectivity index (χ3n) is 3.91. The Bertz CT molecular complexity index is 898. The summed E-state index contributed by atoms with van der Waals surface area (Å²) in [6, 6.07) is 14.6. The lowest BCUT2D eigenvalue weighted by molar-refractivity contribution is -0.383. The van der Waals surface area contributed by atoms with Crippen molar-refractivity contribution in [2.75, 3.05) is 11.4 Å². The second-order valence-electron chi connectivity index (χ2n) is 5.40. The second-order valence-corrected chi connectivity index (χ2v) is 5.84. The van der Waals surface area contributed by atoms with Crippen molar-refractivity contribution in [3.63, 3.8) is 0 Å². The normalized spacial score (nSPS) is 10.8. The van der Waals surface area contributed by atoms with Gasteiger partial charge in [-0.1, -0.05) is 35.9 Å². The zero-order valence-corrected chi connectivity index (χ0v) is 13.9. The number of benzene rings is 2. The van der Waals surface area contributed by atoms with Crippen LogP contribution in [-0.2, 0) is 6.54 Å². The summed E-state index contributed by atoms with van der Waals surface area (Å²) in [6.07, 6.45) is 1.62. The molecule has 0 unspecified atom stereocenters. The number of hydrogen-bond acceptors (Lipinski definition) is 4. The highest BCUT2D eigenvalue weighted by molar-refractivity contribution is 6.30. The predicted molar refractivity (Wildman–Crippen MR) is 96.6 cm³/mol. The fourth-order valence-corrected chi connectivity index (χ4v) is 3.00. The van der Waals surface area contributed by atoms with Gasteiger partial charge in [-0.15, -0.1) is 0 Å². The number of nitrogens with zero attached hydrogens (tertiary/aromatic N) is 3. The lowest BCUT2D eigenvalue weighted by atomic mass is 10.1. The first-order valence-corrected chi connectivity index (χ1v) is 7.99. The second kappa shape index (κ2) is 6.84. The van der Waals surface area contributed by atoms with Gasteiger partial charge < -0.3 is 4.90 Å². The molecule has 0 aliphatic heterocycles. The van der Waals surface area contributed by atoms with Gasteiger partial charge in [-0.25, -0.2) is 4.98 Å². The SMILES string of the molecule is CCN(Cc1cccc(Cl)c1)c1ccnc2c([N+](=O)[O-])cccc12. The molecule has 0 saturated heterocycles. The first-order chi connectivity index (χ1) is 11.6. The van der Waals surface area contributed by atoms with Crippen LogP contribution in [0.4, 0.5) is 11.4 Å². The van der Waals surface area contributed by atoms with Gasteiger partial charge in [0.1, 0.15) is 5.52 Å². The highest BCUT2D eigenvalue weighted by Gasteiger charge is 2.17. The van der Waals surface area contributed by atoms with Crippen LogP contribution in [0.1, 0.15) is 12.5 Å². The van der Waals surface area contributed by atoms with Crippen molar-refractivity contribution in [1.82, 2.24) is 4.98 Å². The van der Waals surface area contributed by atoms with E-state index in [4.69, 9.17) is 11.6 Å². The van der Waals surface area contributed by atoms with E-state index in [9.17, 15) is 10.1 Å². The summed E-state index contributed by atoms with van der Waals surface area (Å²) >= 11 is 6.06. The number of rotatable bonds is 5. The van der Waals surface area contributed by atoms with Gasteiger partial charge in [0.25, 0.3) is 5.69 Å².